The molecule has 0 unspecified atom stereocenters. The van der Waals surface area contributed by atoms with Gasteiger partial charge in [-0.1, -0.05) is 0 Å². The Labute approximate surface area is 94.8 Å². The standard InChI is InChI=1S/C11H6F2N2S/c12-7-1-2-10(13)9(5-7)11-15-8(3-4-14)6-16-11/h1-2,5-6H,3H2. The highest BCUT2D eigenvalue weighted by atomic mass is 32.1. The van der Waals surface area contributed by atoms with E-state index in [1.54, 1.807) is 5.38 Å². The Kier molecular flexibility index (Phi) is 2.93. The summed E-state index contributed by atoms with van der Waals surface area (Å²) in [5.74, 6) is -1.02. The van der Waals surface area contributed by atoms with E-state index in [4.69, 9.17) is 5.26 Å². The minimum absolute atomic E-state index is 0.134. The molecule has 0 amide bonds. The highest BCUT2D eigenvalue weighted by Gasteiger charge is 2.10. The molecular formula is C11H6F2N2S. The maximum atomic E-state index is 13.4. The van der Waals surface area contributed by atoms with Crippen LogP contribution in [0.1, 0.15) is 5.69 Å². The summed E-state index contributed by atoms with van der Waals surface area (Å²) in [6.07, 6.45) is 0.174. The lowest BCUT2D eigenvalue weighted by molar-refractivity contribution is 0.603. The first-order valence-electron chi connectivity index (χ1n) is 4.47. The molecule has 1 heterocycles. The summed E-state index contributed by atoms with van der Waals surface area (Å²) < 4.78 is 26.3. The van der Waals surface area contributed by atoms with Crippen LogP contribution in [0.5, 0.6) is 0 Å². The number of nitriles is 1. The first-order valence-corrected chi connectivity index (χ1v) is 5.35. The van der Waals surface area contributed by atoms with Crippen molar-refractivity contribution in [2.24, 2.45) is 0 Å². The summed E-state index contributed by atoms with van der Waals surface area (Å²) in [5.41, 5.74) is 0.709. The second-order valence-electron chi connectivity index (χ2n) is 3.10. The van der Waals surface area contributed by atoms with Crippen LogP contribution in [0.3, 0.4) is 0 Å². The van der Waals surface area contributed by atoms with Crippen LogP contribution in [-0.2, 0) is 6.42 Å². The van der Waals surface area contributed by atoms with Crippen molar-refractivity contribution in [2.45, 2.75) is 6.42 Å². The number of hydrogen-bond donors (Lipinski definition) is 0. The Bertz CT molecular complexity index is 557. The number of benzene rings is 1. The average molecular weight is 236 g/mol. The lowest BCUT2D eigenvalue weighted by atomic mass is 10.2. The molecule has 2 aromatic rings. The average Bonchev–Trinajstić information content (AvgIpc) is 2.71. The number of halogens is 2. The third-order valence-corrected chi connectivity index (χ3v) is 2.90. The fourth-order valence-electron chi connectivity index (χ4n) is 1.25. The summed E-state index contributed by atoms with van der Waals surface area (Å²) in [4.78, 5) is 4.06. The molecule has 0 saturated carbocycles. The molecule has 0 aliphatic heterocycles. The van der Waals surface area contributed by atoms with Gasteiger partial charge in [-0.25, -0.2) is 13.8 Å². The van der Waals surface area contributed by atoms with E-state index in [0.717, 1.165) is 18.2 Å². The Morgan fingerprint density at radius 3 is 2.94 bits per heavy atom. The molecular weight excluding hydrogens is 230 g/mol. The SMILES string of the molecule is N#CCc1csc(-c2cc(F)ccc2F)n1. The first kappa shape index (κ1) is 10.7. The van der Waals surface area contributed by atoms with E-state index >= 15 is 0 Å². The minimum Gasteiger partial charge on any atom is -0.240 e. The van der Waals surface area contributed by atoms with Crippen LogP contribution in [0.4, 0.5) is 8.78 Å². The van der Waals surface area contributed by atoms with E-state index in [9.17, 15) is 8.78 Å². The molecule has 1 aromatic carbocycles. The Morgan fingerprint density at radius 2 is 2.19 bits per heavy atom. The summed E-state index contributed by atoms with van der Waals surface area (Å²) in [6.45, 7) is 0. The van der Waals surface area contributed by atoms with Gasteiger partial charge in [-0.3, -0.25) is 0 Å². The van der Waals surface area contributed by atoms with Crippen LogP contribution < -0.4 is 0 Å². The molecule has 5 heteroatoms. The van der Waals surface area contributed by atoms with Crippen LogP contribution in [0.2, 0.25) is 0 Å². The molecule has 1 aromatic heterocycles. The largest absolute Gasteiger partial charge is 0.240 e. The number of aromatic nitrogens is 1. The van der Waals surface area contributed by atoms with Crippen molar-refractivity contribution in [2.75, 3.05) is 0 Å². The van der Waals surface area contributed by atoms with E-state index in [1.165, 1.54) is 11.3 Å². The lowest BCUT2D eigenvalue weighted by Gasteiger charge is -1.98. The van der Waals surface area contributed by atoms with Crippen molar-refractivity contribution in [1.29, 1.82) is 5.26 Å². The summed E-state index contributed by atoms with van der Waals surface area (Å²) >= 11 is 1.20. The molecule has 80 valence electrons. The predicted molar refractivity (Wildman–Crippen MR) is 56.8 cm³/mol. The number of nitrogens with zero attached hydrogens (tertiary/aromatic N) is 2. The van der Waals surface area contributed by atoms with Gasteiger partial charge in [0.25, 0.3) is 0 Å². The molecule has 0 aliphatic carbocycles. The van der Waals surface area contributed by atoms with E-state index < -0.39 is 11.6 Å². The normalized spacial score (nSPS) is 10.1. The molecule has 0 radical (unpaired) electrons. The Morgan fingerprint density at radius 1 is 1.38 bits per heavy atom. The second kappa shape index (κ2) is 4.37. The van der Waals surface area contributed by atoms with Crippen LogP contribution in [-0.4, -0.2) is 4.98 Å². The van der Waals surface area contributed by atoms with Crippen LogP contribution >= 0.6 is 11.3 Å². The fourth-order valence-corrected chi connectivity index (χ4v) is 2.09. The zero-order valence-electron chi connectivity index (χ0n) is 8.08. The molecule has 0 fully saturated rings. The molecule has 0 bridgehead atoms. The van der Waals surface area contributed by atoms with Crippen LogP contribution in [0.15, 0.2) is 23.6 Å². The van der Waals surface area contributed by atoms with Crippen molar-refractivity contribution in [1.82, 2.24) is 4.98 Å². The number of hydrogen-bond acceptors (Lipinski definition) is 3. The predicted octanol–water partition coefficient (Wildman–Crippen LogP) is 3.15. The number of rotatable bonds is 2. The fraction of sp³-hybridized carbons (Fsp3) is 0.0909. The quantitative estimate of drug-likeness (QED) is 0.803. The van der Waals surface area contributed by atoms with Crippen molar-refractivity contribution >= 4 is 11.3 Å². The van der Waals surface area contributed by atoms with Crippen LogP contribution in [0.25, 0.3) is 10.6 Å². The van der Waals surface area contributed by atoms with Gasteiger partial charge < -0.3 is 0 Å². The molecule has 0 saturated heterocycles. The Hall–Kier alpha value is -1.80. The third-order valence-electron chi connectivity index (χ3n) is 1.97. The van der Waals surface area contributed by atoms with E-state index in [2.05, 4.69) is 4.98 Å². The van der Waals surface area contributed by atoms with Gasteiger partial charge in [0.2, 0.25) is 0 Å². The molecule has 16 heavy (non-hydrogen) atoms. The van der Waals surface area contributed by atoms with Crippen molar-refractivity contribution in [3.63, 3.8) is 0 Å². The molecule has 0 aliphatic rings. The highest BCUT2D eigenvalue weighted by molar-refractivity contribution is 7.13. The molecule has 0 atom stereocenters. The minimum atomic E-state index is -0.515. The zero-order valence-corrected chi connectivity index (χ0v) is 8.89. The van der Waals surface area contributed by atoms with Crippen molar-refractivity contribution in [3.8, 4) is 16.6 Å². The summed E-state index contributed by atoms with van der Waals surface area (Å²) in [7, 11) is 0. The van der Waals surface area contributed by atoms with Gasteiger partial charge >= 0.3 is 0 Å². The summed E-state index contributed by atoms with van der Waals surface area (Å²) in [6, 6.07) is 5.18. The van der Waals surface area contributed by atoms with Gasteiger partial charge in [0, 0.05) is 10.9 Å². The highest BCUT2D eigenvalue weighted by Crippen LogP contribution is 2.27. The topological polar surface area (TPSA) is 36.7 Å². The molecule has 0 N–H and O–H groups in total. The molecule has 0 spiro atoms. The van der Waals surface area contributed by atoms with Gasteiger partial charge in [-0.2, -0.15) is 5.26 Å². The maximum Gasteiger partial charge on any atom is 0.133 e. The van der Waals surface area contributed by atoms with Crippen molar-refractivity contribution < 1.29 is 8.78 Å². The van der Waals surface area contributed by atoms with Gasteiger partial charge in [-0.15, -0.1) is 11.3 Å². The second-order valence-corrected chi connectivity index (χ2v) is 3.96. The van der Waals surface area contributed by atoms with Gasteiger partial charge in [-0.05, 0) is 18.2 Å². The van der Waals surface area contributed by atoms with Gasteiger partial charge in [0.1, 0.15) is 16.6 Å². The van der Waals surface area contributed by atoms with Crippen LogP contribution in [0, 0.1) is 23.0 Å². The molecule has 2 nitrogen and oxygen atoms in total. The van der Waals surface area contributed by atoms with E-state index in [-0.39, 0.29) is 12.0 Å². The molecule has 2 rings (SSSR count). The van der Waals surface area contributed by atoms with E-state index in [0.29, 0.717) is 10.7 Å². The summed E-state index contributed by atoms with van der Waals surface area (Å²) in [5, 5.41) is 10.5. The monoisotopic (exact) mass is 236 g/mol. The first-order chi connectivity index (χ1) is 7.70. The lowest BCUT2D eigenvalue weighted by Crippen LogP contribution is -1.87. The maximum absolute atomic E-state index is 13.4. The van der Waals surface area contributed by atoms with E-state index in [1.807, 2.05) is 6.07 Å². The van der Waals surface area contributed by atoms with Gasteiger partial charge in [0.05, 0.1) is 18.2 Å². The smallest absolute Gasteiger partial charge is 0.133 e. The third kappa shape index (κ3) is 2.07. The zero-order chi connectivity index (χ0) is 11.5. The van der Waals surface area contributed by atoms with Gasteiger partial charge in [0.15, 0.2) is 0 Å². The Balaban J connectivity index is 2.42. The number of thiazole rings is 1. The van der Waals surface area contributed by atoms with Crippen molar-refractivity contribution in [3.05, 3.63) is 40.9 Å².